The zero-order chi connectivity index (χ0) is 12.9. The predicted octanol–water partition coefficient (Wildman–Crippen LogP) is -0.149. The third-order valence-corrected chi connectivity index (χ3v) is 2.50. The molecule has 0 aliphatic heterocycles. The van der Waals surface area contributed by atoms with Gasteiger partial charge < -0.3 is 15.8 Å². The van der Waals surface area contributed by atoms with Gasteiger partial charge in [0.15, 0.2) is 0 Å². The number of nitrogens with zero attached hydrogens (tertiary/aromatic N) is 3. The van der Waals surface area contributed by atoms with Gasteiger partial charge in [0, 0.05) is 5.69 Å². The first-order valence-corrected chi connectivity index (χ1v) is 4.98. The highest BCUT2D eigenvalue weighted by molar-refractivity contribution is 5.85. The summed E-state index contributed by atoms with van der Waals surface area (Å²) in [6, 6.07) is 4.82. The van der Waals surface area contributed by atoms with Gasteiger partial charge in [-0.3, -0.25) is 4.79 Å². The second-order valence-corrected chi connectivity index (χ2v) is 3.71. The van der Waals surface area contributed by atoms with Gasteiger partial charge in [0.1, 0.15) is 0 Å². The molecule has 0 aliphatic rings. The van der Waals surface area contributed by atoms with Gasteiger partial charge in [-0.15, -0.1) is 5.10 Å². The van der Waals surface area contributed by atoms with Crippen molar-refractivity contribution in [3.63, 3.8) is 0 Å². The number of carboxylic acid groups (broad SMARTS) is 1. The number of aromatic carboxylic acids is 1. The number of nitrogen functional groups attached to an aromatic ring is 1. The topological polar surface area (TPSA) is 126 Å². The predicted molar refractivity (Wildman–Crippen MR) is 62.5 cm³/mol. The minimum absolute atomic E-state index is 0.0782. The van der Waals surface area contributed by atoms with E-state index in [2.05, 4.69) is 15.1 Å². The number of hydrogen-bond acceptors (Lipinski definition) is 5. The number of carboxylic acids is 1. The molecule has 2 heterocycles. The van der Waals surface area contributed by atoms with Crippen molar-refractivity contribution in [3.8, 4) is 0 Å². The van der Waals surface area contributed by atoms with Crippen molar-refractivity contribution in [2.75, 3.05) is 5.73 Å². The highest BCUT2D eigenvalue weighted by Gasteiger charge is 2.15. The summed E-state index contributed by atoms with van der Waals surface area (Å²) in [6.07, 6.45) is 0. The fourth-order valence-corrected chi connectivity index (χ4v) is 1.73. The van der Waals surface area contributed by atoms with Crippen LogP contribution in [0.5, 0.6) is 0 Å². The number of anilines is 1. The zero-order valence-corrected chi connectivity index (χ0v) is 8.91. The lowest BCUT2D eigenvalue weighted by Gasteiger charge is -2.00. The van der Waals surface area contributed by atoms with Crippen LogP contribution < -0.4 is 11.3 Å². The van der Waals surface area contributed by atoms with Crippen molar-refractivity contribution < 1.29 is 9.90 Å². The maximum atomic E-state index is 11.7. The van der Waals surface area contributed by atoms with E-state index in [9.17, 15) is 9.59 Å². The highest BCUT2D eigenvalue weighted by atomic mass is 16.4. The molecule has 0 unspecified atom stereocenters. The van der Waals surface area contributed by atoms with Crippen LogP contribution in [-0.2, 0) is 0 Å². The Morgan fingerprint density at radius 3 is 2.94 bits per heavy atom. The molecule has 90 valence electrons. The number of aromatic nitrogens is 4. The molecule has 0 spiro atoms. The van der Waals surface area contributed by atoms with E-state index in [4.69, 9.17) is 10.8 Å². The van der Waals surface area contributed by atoms with Crippen LogP contribution in [0.4, 0.5) is 5.69 Å². The molecule has 3 rings (SSSR count). The highest BCUT2D eigenvalue weighted by Crippen LogP contribution is 2.14. The Balaban J connectivity index is 2.55. The number of benzene rings is 1. The van der Waals surface area contributed by atoms with E-state index in [0.717, 1.165) is 0 Å². The van der Waals surface area contributed by atoms with Crippen LogP contribution in [0, 0.1) is 0 Å². The van der Waals surface area contributed by atoms with Crippen LogP contribution in [0.1, 0.15) is 10.6 Å². The Morgan fingerprint density at radius 2 is 2.22 bits per heavy atom. The van der Waals surface area contributed by atoms with E-state index in [1.165, 1.54) is 4.52 Å². The number of aromatic amines is 1. The Morgan fingerprint density at radius 1 is 1.44 bits per heavy atom. The van der Waals surface area contributed by atoms with Crippen molar-refractivity contribution in [1.29, 1.82) is 0 Å². The molecule has 0 bridgehead atoms. The number of nitrogens with one attached hydrogen (secondary N) is 1. The van der Waals surface area contributed by atoms with Crippen molar-refractivity contribution in [2.45, 2.75) is 0 Å². The van der Waals surface area contributed by atoms with E-state index in [0.29, 0.717) is 16.7 Å². The first-order chi connectivity index (χ1) is 8.56. The molecule has 0 fully saturated rings. The van der Waals surface area contributed by atoms with Crippen LogP contribution in [0.2, 0.25) is 0 Å². The summed E-state index contributed by atoms with van der Waals surface area (Å²) in [7, 11) is 0. The molecular weight excluding hydrogens is 238 g/mol. The molecule has 18 heavy (non-hydrogen) atoms. The van der Waals surface area contributed by atoms with Crippen LogP contribution in [0.15, 0.2) is 23.0 Å². The van der Waals surface area contributed by atoms with Crippen LogP contribution in [-0.4, -0.2) is 30.7 Å². The summed E-state index contributed by atoms with van der Waals surface area (Å²) >= 11 is 0. The molecule has 4 N–H and O–H groups in total. The Labute approximate surface area is 98.7 Å². The van der Waals surface area contributed by atoms with Crippen LogP contribution in [0.3, 0.4) is 0 Å². The maximum Gasteiger partial charge on any atom is 0.375 e. The summed E-state index contributed by atoms with van der Waals surface area (Å²) in [4.78, 5) is 28.8. The fourth-order valence-electron chi connectivity index (χ4n) is 1.73. The molecule has 0 saturated heterocycles. The standard InChI is InChI=1S/C10H7N5O3/c11-4-1-2-5-6(3-4)15-8(9(16)12-5)13-7(14-15)10(17)18/h1-3H,11H2,(H,12,16)(H,17,18). The summed E-state index contributed by atoms with van der Waals surface area (Å²) in [5.41, 5.74) is 6.53. The third kappa shape index (κ3) is 1.32. The van der Waals surface area contributed by atoms with Gasteiger partial charge in [-0.25, -0.2) is 9.31 Å². The van der Waals surface area contributed by atoms with Crippen molar-refractivity contribution in [3.05, 3.63) is 34.4 Å². The molecule has 3 aromatic rings. The monoisotopic (exact) mass is 245 g/mol. The minimum atomic E-state index is -1.30. The summed E-state index contributed by atoms with van der Waals surface area (Å²) in [5, 5.41) is 12.6. The Kier molecular flexibility index (Phi) is 1.88. The summed E-state index contributed by atoms with van der Waals surface area (Å²) in [5.74, 6) is -1.73. The van der Waals surface area contributed by atoms with Gasteiger partial charge in [-0.1, -0.05) is 0 Å². The first-order valence-electron chi connectivity index (χ1n) is 4.98. The smallest absolute Gasteiger partial charge is 0.375 e. The summed E-state index contributed by atoms with van der Waals surface area (Å²) < 4.78 is 1.17. The normalized spacial score (nSPS) is 11.1. The van der Waals surface area contributed by atoms with E-state index >= 15 is 0 Å². The summed E-state index contributed by atoms with van der Waals surface area (Å²) in [6.45, 7) is 0. The molecule has 8 nitrogen and oxygen atoms in total. The molecule has 0 saturated carbocycles. The van der Waals surface area contributed by atoms with Crippen molar-refractivity contribution >= 4 is 28.3 Å². The van der Waals surface area contributed by atoms with Gasteiger partial charge in [0.25, 0.3) is 11.4 Å². The number of nitrogens with two attached hydrogens (primary N) is 1. The number of carbonyl (C=O) groups is 1. The average molecular weight is 245 g/mol. The van der Waals surface area contributed by atoms with E-state index in [1.807, 2.05) is 0 Å². The van der Waals surface area contributed by atoms with Crippen molar-refractivity contribution in [2.24, 2.45) is 0 Å². The molecule has 8 heteroatoms. The van der Waals surface area contributed by atoms with E-state index < -0.39 is 17.4 Å². The van der Waals surface area contributed by atoms with Gasteiger partial charge in [-0.05, 0) is 18.2 Å². The number of rotatable bonds is 1. The Hall–Kier alpha value is -2.90. The quantitative estimate of drug-likeness (QED) is 0.512. The molecular formula is C10H7N5O3. The number of hydrogen-bond donors (Lipinski definition) is 3. The van der Waals surface area contributed by atoms with Crippen LogP contribution >= 0.6 is 0 Å². The second kappa shape index (κ2) is 3.29. The van der Waals surface area contributed by atoms with E-state index in [-0.39, 0.29) is 5.65 Å². The zero-order valence-electron chi connectivity index (χ0n) is 8.91. The fraction of sp³-hybridized carbons (Fsp3) is 0. The lowest BCUT2D eigenvalue weighted by molar-refractivity contribution is 0.0684. The van der Waals surface area contributed by atoms with Gasteiger partial charge >= 0.3 is 5.97 Å². The number of H-pyrrole nitrogens is 1. The molecule has 0 radical (unpaired) electrons. The van der Waals surface area contributed by atoms with Gasteiger partial charge in [0.2, 0.25) is 5.65 Å². The molecule has 0 atom stereocenters. The molecule has 2 aromatic heterocycles. The van der Waals surface area contributed by atoms with Gasteiger partial charge in [0.05, 0.1) is 11.0 Å². The third-order valence-electron chi connectivity index (χ3n) is 2.50. The number of fused-ring (bicyclic) bond motifs is 3. The lowest BCUT2D eigenvalue weighted by Crippen LogP contribution is -2.11. The minimum Gasteiger partial charge on any atom is -0.475 e. The lowest BCUT2D eigenvalue weighted by atomic mass is 10.2. The Bertz CT molecular complexity index is 848. The molecule has 0 amide bonds. The maximum absolute atomic E-state index is 11.7. The van der Waals surface area contributed by atoms with Gasteiger partial charge in [-0.2, -0.15) is 4.98 Å². The van der Waals surface area contributed by atoms with Crippen LogP contribution in [0.25, 0.3) is 16.7 Å². The van der Waals surface area contributed by atoms with E-state index in [1.54, 1.807) is 18.2 Å². The second-order valence-electron chi connectivity index (χ2n) is 3.71. The van der Waals surface area contributed by atoms with Crippen molar-refractivity contribution in [1.82, 2.24) is 19.6 Å². The largest absolute Gasteiger partial charge is 0.475 e. The first kappa shape index (κ1) is 10.3. The average Bonchev–Trinajstić information content (AvgIpc) is 2.76. The molecule has 1 aromatic carbocycles. The molecule has 0 aliphatic carbocycles. The SMILES string of the molecule is Nc1ccc2[nH]c(=O)c3nc(C(=O)O)nn3c2c1.